The van der Waals surface area contributed by atoms with E-state index < -0.39 is 11.9 Å². The zero-order valence-electron chi connectivity index (χ0n) is 23.4. The second-order valence-electron chi connectivity index (χ2n) is 11.2. The number of hydrogen-bond donors (Lipinski definition) is 3. The lowest BCUT2D eigenvalue weighted by molar-refractivity contribution is -0.122. The highest BCUT2D eigenvalue weighted by Crippen LogP contribution is 2.31. The van der Waals surface area contributed by atoms with Crippen molar-refractivity contribution in [1.82, 2.24) is 15.0 Å². The van der Waals surface area contributed by atoms with Crippen LogP contribution in [-0.2, 0) is 4.79 Å². The summed E-state index contributed by atoms with van der Waals surface area (Å²) in [5, 5.41) is 6.07. The van der Waals surface area contributed by atoms with Crippen LogP contribution in [0.25, 0.3) is 0 Å². The van der Waals surface area contributed by atoms with Gasteiger partial charge < -0.3 is 16.4 Å². The molecule has 1 heterocycles. The van der Waals surface area contributed by atoms with Gasteiger partial charge in [0.1, 0.15) is 10.9 Å². The lowest BCUT2D eigenvalue weighted by Crippen LogP contribution is -2.51. The van der Waals surface area contributed by atoms with Crippen LogP contribution in [0.5, 0.6) is 0 Å². The van der Waals surface area contributed by atoms with E-state index in [9.17, 15) is 14.4 Å². The minimum absolute atomic E-state index is 0.0652. The van der Waals surface area contributed by atoms with Crippen LogP contribution in [0.1, 0.15) is 98.4 Å². The summed E-state index contributed by atoms with van der Waals surface area (Å²) in [5.41, 5.74) is 8.04. The van der Waals surface area contributed by atoms with Crippen LogP contribution < -0.4 is 21.3 Å². The number of carbonyl (C=O) groups is 3. The van der Waals surface area contributed by atoms with Crippen LogP contribution in [0.2, 0.25) is 0 Å². The van der Waals surface area contributed by atoms with Crippen LogP contribution in [0.15, 0.2) is 24.3 Å². The number of carbonyl (C=O) groups excluding carboxylic acids is 3. The summed E-state index contributed by atoms with van der Waals surface area (Å²) in [6.07, 6.45) is 6.55. The first-order valence-electron chi connectivity index (χ1n) is 13.8. The molecular weight excluding hydrogens is 498 g/mol. The first-order chi connectivity index (χ1) is 18.1. The molecule has 1 atom stereocenters. The average Bonchev–Trinajstić information content (AvgIpc) is 3.26. The molecule has 3 amide bonds. The summed E-state index contributed by atoms with van der Waals surface area (Å²) in [6.45, 7) is 10.7. The lowest BCUT2D eigenvalue weighted by atomic mass is 9.95. The molecule has 1 aliphatic carbocycles. The molecule has 0 saturated heterocycles. The van der Waals surface area contributed by atoms with Crippen molar-refractivity contribution in [3.8, 4) is 0 Å². The molecule has 4 N–H and O–H groups in total. The molecule has 3 rings (SSSR count). The number of nitrogen functional groups attached to an aromatic ring is 1. The molecule has 1 unspecified atom stereocenters. The van der Waals surface area contributed by atoms with Gasteiger partial charge in [0.15, 0.2) is 5.69 Å². The van der Waals surface area contributed by atoms with Gasteiger partial charge in [0, 0.05) is 18.3 Å². The molecule has 38 heavy (non-hydrogen) atoms. The van der Waals surface area contributed by atoms with Crippen LogP contribution in [0.3, 0.4) is 0 Å². The van der Waals surface area contributed by atoms with E-state index in [1.807, 2.05) is 45.0 Å². The number of aromatic nitrogens is 1. The third kappa shape index (κ3) is 7.56. The predicted octanol–water partition coefficient (Wildman–Crippen LogP) is 5.32. The summed E-state index contributed by atoms with van der Waals surface area (Å²) >= 11 is 0.915. The maximum Gasteiger partial charge on any atom is 0.273 e. The Morgan fingerprint density at radius 1 is 1.08 bits per heavy atom. The van der Waals surface area contributed by atoms with Gasteiger partial charge in [-0.2, -0.15) is 4.37 Å². The molecule has 1 fully saturated rings. The molecule has 0 bridgehead atoms. The molecule has 1 aliphatic rings. The van der Waals surface area contributed by atoms with E-state index in [-0.39, 0.29) is 40.0 Å². The van der Waals surface area contributed by atoms with Crippen LogP contribution in [0.4, 0.5) is 11.4 Å². The topological polar surface area (TPSA) is 117 Å². The number of anilines is 2. The summed E-state index contributed by atoms with van der Waals surface area (Å²) in [5.74, 6) is -0.365. The second-order valence-corrected chi connectivity index (χ2v) is 11.9. The number of aryl methyl sites for hydroxylation is 1. The summed E-state index contributed by atoms with van der Waals surface area (Å²) < 4.78 is 4.29. The maximum atomic E-state index is 14.2. The van der Waals surface area contributed by atoms with E-state index >= 15 is 0 Å². The minimum atomic E-state index is -0.739. The van der Waals surface area contributed by atoms with Gasteiger partial charge in [-0.15, -0.1) is 0 Å². The van der Waals surface area contributed by atoms with Crippen LogP contribution in [0, 0.1) is 18.8 Å². The number of para-hydroxylation sites is 1. The summed E-state index contributed by atoms with van der Waals surface area (Å²) in [4.78, 5) is 42.4. The van der Waals surface area contributed by atoms with E-state index in [0.717, 1.165) is 49.2 Å². The molecule has 9 heteroatoms. The predicted molar refractivity (Wildman–Crippen MR) is 155 cm³/mol. The smallest absolute Gasteiger partial charge is 0.273 e. The molecule has 0 spiro atoms. The van der Waals surface area contributed by atoms with Gasteiger partial charge in [-0.25, -0.2) is 0 Å². The summed E-state index contributed by atoms with van der Waals surface area (Å²) in [6, 6.07) is 6.87. The quantitative estimate of drug-likeness (QED) is 0.356. The van der Waals surface area contributed by atoms with Gasteiger partial charge in [-0.3, -0.25) is 19.3 Å². The Bertz CT molecular complexity index is 1110. The third-order valence-electron chi connectivity index (χ3n) is 7.00. The van der Waals surface area contributed by atoms with E-state index in [1.54, 1.807) is 4.90 Å². The maximum absolute atomic E-state index is 14.2. The monoisotopic (exact) mass is 541 g/mol. The number of hydrogen-bond acceptors (Lipinski definition) is 6. The first kappa shape index (κ1) is 29.6. The Morgan fingerprint density at radius 3 is 2.39 bits per heavy atom. The van der Waals surface area contributed by atoms with Gasteiger partial charge in [0.25, 0.3) is 11.8 Å². The first-order valence-corrected chi connectivity index (χ1v) is 14.6. The molecule has 1 aromatic heterocycles. The van der Waals surface area contributed by atoms with Crippen LogP contribution >= 0.6 is 11.5 Å². The number of amides is 3. The molecule has 1 saturated carbocycles. The van der Waals surface area contributed by atoms with Crippen molar-refractivity contribution in [2.45, 2.75) is 91.6 Å². The van der Waals surface area contributed by atoms with Crippen molar-refractivity contribution in [1.29, 1.82) is 0 Å². The molecule has 8 nitrogen and oxygen atoms in total. The number of nitrogens with zero attached hydrogens (tertiary/aromatic N) is 2. The largest absolute Gasteiger partial charge is 0.395 e. The zero-order valence-corrected chi connectivity index (χ0v) is 24.2. The second kappa shape index (κ2) is 13.7. The van der Waals surface area contributed by atoms with E-state index in [1.165, 1.54) is 6.42 Å². The van der Waals surface area contributed by atoms with E-state index in [0.29, 0.717) is 24.6 Å². The van der Waals surface area contributed by atoms with Crippen molar-refractivity contribution < 1.29 is 14.4 Å². The molecule has 208 valence electrons. The molecular formula is C29H43N5O3S. The van der Waals surface area contributed by atoms with E-state index in [4.69, 9.17) is 5.73 Å². The zero-order chi connectivity index (χ0) is 27.8. The summed E-state index contributed by atoms with van der Waals surface area (Å²) in [7, 11) is 0. The van der Waals surface area contributed by atoms with Crippen molar-refractivity contribution in [3.63, 3.8) is 0 Å². The van der Waals surface area contributed by atoms with Crippen molar-refractivity contribution in [2.24, 2.45) is 11.8 Å². The van der Waals surface area contributed by atoms with Gasteiger partial charge >= 0.3 is 0 Å². The van der Waals surface area contributed by atoms with Crippen LogP contribution in [-0.4, -0.2) is 40.7 Å². The Kier molecular flexibility index (Phi) is 10.7. The Balaban J connectivity index is 1.95. The van der Waals surface area contributed by atoms with Crippen molar-refractivity contribution >= 4 is 40.6 Å². The fourth-order valence-corrected chi connectivity index (χ4v) is 5.59. The van der Waals surface area contributed by atoms with Gasteiger partial charge in [-0.1, -0.05) is 65.2 Å². The lowest BCUT2D eigenvalue weighted by Gasteiger charge is -2.33. The highest BCUT2D eigenvalue weighted by atomic mass is 32.1. The van der Waals surface area contributed by atoms with Crippen molar-refractivity contribution in [2.75, 3.05) is 17.2 Å². The van der Waals surface area contributed by atoms with E-state index in [2.05, 4.69) is 28.9 Å². The average molecular weight is 542 g/mol. The third-order valence-corrected chi connectivity index (χ3v) is 7.85. The number of nitrogens with two attached hydrogens (primary N) is 1. The molecule has 2 aromatic rings. The van der Waals surface area contributed by atoms with Gasteiger partial charge in [-0.05, 0) is 67.6 Å². The fourth-order valence-electron chi connectivity index (χ4n) is 4.86. The Hall–Kier alpha value is -2.94. The number of rotatable bonds is 11. The number of benzene rings is 1. The highest BCUT2D eigenvalue weighted by molar-refractivity contribution is 7.09. The number of nitrogens with one attached hydrogen (secondary N) is 2. The normalized spacial score (nSPS) is 14.9. The molecule has 1 aromatic carbocycles. The molecule has 0 aliphatic heterocycles. The van der Waals surface area contributed by atoms with Gasteiger partial charge in [0.05, 0.1) is 5.69 Å². The van der Waals surface area contributed by atoms with Crippen molar-refractivity contribution in [3.05, 3.63) is 40.4 Å². The minimum Gasteiger partial charge on any atom is -0.395 e. The molecule has 0 radical (unpaired) electrons. The Morgan fingerprint density at radius 2 is 1.76 bits per heavy atom. The fraction of sp³-hybridized carbons (Fsp3) is 0.586. The standard InChI is InChI=1S/C29H43N5O3S/c1-18(2)15-16-31-27(35)23(17-19(3)4)34(22-14-10-9-11-20(22)5)29(37)26-24(30)25(33-38-26)28(36)32-21-12-7-6-8-13-21/h9-11,14,18-19,21,23H,6-8,12-13,15-17,30H2,1-5H3,(H,31,35)(H,32,36). The highest BCUT2D eigenvalue weighted by Gasteiger charge is 2.36. The SMILES string of the molecule is Cc1ccccc1N(C(=O)c1snc(C(=O)NC2CCCCC2)c1N)C(CC(C)C)C(=O)NCCC(C)C. The van der Waals surface area contributed by atoms with Gasteiger partial charge in [0.2, 0.25) is 5.91 Å². The Labute approximate surface area is 230 Å².